The molecule has 0 spiro atoms. The van der Waals surface area contributed by atoms with E-state index in [1.807, 2.05) is 6.08 Å². The van der Waals surface area contributed by atoms with Crippen LogP contribution in [0.25, 0.3) is 105 Å². The predicted octanol–water partition coefficient (Wildman–Crippen LogP) is 19.1. The summed E-state index contributed by atoms with van der Waals surface area (Å²) in [6, 6.07) is 78.6. The highest BCUT2D eigenvalue weighted by atomic mass is 14.2. The first-order valence-corrected chi connectivity index (χ1v) is 23.6. The highest BCUT2D eigenvalue weighted by Gasteiger charge is 2.17. The lowest BCUT2D eigenvalue weighted by molar-refractivity contribution is 0.925. The number of allylic oxidation sites excluding steroid dienone is 5. The monoisotopic (exact) mass is 858 g/mol. The van der Waals surface area contributed by atoms with E-state index in [0.29, 0.717) is 0 Å². The Hall–Kier alpha value is -8.06. The summed E-state index contributed by atoms with van der Waals surface area (Å²) in [5, 5.41) is 5.25. The van der Waals surface area contributed by atoms with Crippen LogP contribution >= 0.6 is 0 Å². The molecule has 0 N–H and O–H groups in total. The van der Waals surface area contributed by atoms with E-state index >= 15 is 0 Å². The van der Waals surface area contributed by atoms with E-state index < -0.39 is 0 Å². The van der Waals surface area contributed by atoms with Crippen LogP contribution in [0.4, 0.5) is 0 Å². The molecule has 0 amide bonds. The van der Waals surface area contributed by atoms with Gasteiger partial charge in [0.2, 0.25) is 0 Å². The van der Waals surface area contributed by atoms with E-state index in [9.17, 15) is 0 Å². The fraction of sp³-hybridized carbons (Fsp3) is 0.0746. The van der Waals surface area contributed by atoms with E-state index in [1.54, 1.807) is 0 Å². The van der Waals surface area contributed by atoms with E-state index in [4.69, 9.17) is 0 Å². The van der Waals surface area contributed by atoms with Crippen molar-refractivity contribution >= 4 is 27.1 Å². The molecule has 322 valence electrons. The Labute approximate surface area is 396 Å². The van der Waals surface area contributed by atoms with Gasteiger partial charge >= 0.3 is 0 Å². The zero-order valence-corrected chi connectivity index (χ0v) is 38.6. The summed E-state index contributed by atoms with van der Waals surface area (Å²) in [6.45, 7) is 10.6. The third-order valence-corrected chi connectivity index (χ3v) is 13.2. The van der Waals surface area contributed by atoms with Crippen molar-refractivity contribution in [2.24, 2.45) is 0 Å². The first-order chi connectivity index (χ1) is 33.0. The highest BCUT2D eigenvalue weighted by molar-refractivity contribution is 6.14. The van der Waals surface area contributed by atoms with Gasteiger partial charge in [0.15, 0.2) is 0 Å². The number of benzene rings is 10. The molecule has 10 rings (SSSR count). The fourth-order valence-corrected chi connectivity index (χ4v) is 10.0. The van der Waals surface area contributed by atoms with Gasteiger partial charge < -0.3 is 0 Å². The molecule has 0 aliphatic carbocycles. The van der Waals surface area contributed by atoms with Gasteiger partial charge in [0.25, 0.3) is 0 Å². The third-order valence-electron chi connectivity index (χ3n) is 13.2. The molecule has 0 heterocycles. The number of aryl methyl sites for hydroxylation is 1. The Morgan fingerprint density at radius 1 is 0.433 bits per heavy atom. The van der Waals surface area contributed by atoms with Crippen LogP contribution in [0.3, 0.4) is 0 Å². The van der Waals surface area contributed by atoms with E-state index in [0.717, 1.165) is 24.0 Å². The molecule has 67 heavy (non-hydrogen) atoms. The van der Waals surface area contributed by atoms with Crippen molar-refractivity contribution in [2.45, 2.75) is 33.6 Å². The minimum atomic E-state index is 0.991. The maximum Gasteiger partial charge on any atom is -0.00696 e. The van der Waals surface area contributed by atoms with Gasteiger partial charge in [-0.3, -0.25) is 0 Å². The lowest BCUT2D eigenvalue weighted by Crippen LogP contribution is -1.96. The van der Waals surface area contributed by atoms with Crippen molar-refractivity contribution in [2.75, 3.05) is 0 Å². The molecule has 0 aliphatic heterocycles. The second-order valence-corrected chi connectivity index (χ2v) is 17.6. The van der Waals surface area contributed by atoms with Crippen LogP contribution in [0.2, 0.25) is 0 Å². The van der Waals surface area contributed by atoms with E-state index in [-0.39, 0.29) is 0 Å². The van der Waals surface area contributed by atoms with Crippen LogP contribution in [0, 0.1) is 6.92 Å². The van der Waals surface area contributed by atoms with Crippen molar-refractivity contribution in [1.82, 2.24) is 0 Å². The van der Waals surface area contributed by atoms with Crippen molar-refractivity contribution in [3.63, 3.8) is 0 Å². The Morgan fingerprint density at radius 2 is 0.910 bits per heavy atom. The third kappa shape index (κ3) is 8.75. The first kappa shape index (κ1) is 42.9. The quantitative estimate of drug-likeness (QED) is 0.0848. The molecule has 0 radical (unpaired) electrons. The Bertz CT molecular complexity index is 3500. The van der Waals surface area contributed by atoms with Gasteiger partial charge in [0, 0.05) is 0 Å². The normalized spacial score (nSPS) is 11.7. The second kappa shape index (κ2) is 19.2. The molecule has 0 saturated carbocycles. The van der Waals surface area contributed by atoms with Gasteiger partial charge in [0.05, 0.1) is 0 Å². The van der Waals surface area contributed by atoms with Crippen molar-refractivity contribution in [3.05, 3.63) is 260 Å². The van der Waals surface area contributed by atoms with Crippen LogP contribution < -0.4 is 0 Å². The largest absolute Gasteiger partial charge is 0.0990 e. The van der Waals surface area contributed by atoms with Crippen LogP contribution in [0.15, 0.2) is 243 Å². The van der Waals surface area contributed by atoms with E-state index in [2.05, 4.69) is 258 Å². The van der Waals surface area contributed by atoms with Crippen molar-refractivity contribution < 1.29 is 0 Å². The summed E-state index contributed by atoms with van der Waals surface area (Å²) in [4.78, 5) is 0. The lowest BCUT2D eigenvalue weighted by Gasteiger charge is -2.19. The Balaban J connectivity index is 1.07. The molecule has 10 aromatic rings. The average Bonchev–Trinajstić information content (AvgIpc) is 3.39. The van der Waals surface area contributed by atoms with Gasteiger partial charge in [-0.2, -0.15) is 0 Å². The van der Waals surface area contributed by atoms with Gasteiger partial charge in [-0.05, 0) is 184 Å². The molecular formula is C67H54. The maximum atomic E-state index is 3.99. The molecule has 0 aromatic heterocycles. The molecule has 0 aliphatic rings. The standard InChI is InChI=1S/C67H54/c1-5-19-47(20-6-2)49-25-13-29-53(39-49)58-43-59(54-30-14-26-50(40-54)48-22-9-8-10-23-48)45-60(44-58)55-31-15-27-51(41-55)52-28-16-32-57(42-52)61-34-17-35-64(63(61)21-7-3)66-37-18-36-65-62-33-12-11-24-56(62)38-46(4)67(65)66/h5-6,8-20,22-45H,1,7,21H2,2-4H3/b20-6-,47-19+. The van der Waals surface area contributed by atoms with Gasteiger partial charge in [-0.1, -0.05) is 214 Å². The summed E-state index contributed by atoms with van der Waals surface area (Å²) in [5.41, 5.74) is 22.0. The topological polar surface area (TPSA) is 0 Å². The highest BCUT2D eigenvalue weighted by Crippen LogP contribution is 2.42. The molecule has 0 heteroatoms. The zero-order valence-electron chi connectivity index (χ0n) is 38.6. The molecule has 0 bridgehead atoms. The average molecular weight is 859 g/mol. The van der Waals surface area contributed by atoms with Crippen molar-refractivity contribution in [3.8, 4) is 77.9 Å². The van der Waals surface area contributed by atoms with Gasteiger partial charge in [-0.25, -0.2) is 0 Å². The molecule has 0 atom stereocenters. The minimum Gasteiger partial charge on any atom is -0.0990 e. The molecular weight excluding hydrogens is 805 g/mol. The number of hydrogen-bond donors (Lipinski definition) is 0. The minimum absolute atomic E-state index is 0.991. The lowest BCUT2D eigenvalue weighted by atomic mass is 9.85. The summed E-state index contributed by atoms with van der Waals surface area (Å²) in [6.07, 6.45) is 10.2. The molecule has 10 aromatic carbocycles. The van der Waals surface area contributed by atoms with E-state index in [1.165, 1.54) is 111 Å². The molecule has 0 unspecified atom stereocenters. The smallest absolute Gasteiger partial charge is 0.00696 e. The molecule has 0 saturated heterocycles. The second-order valence-electron chi connectivity index (χ2n) is 17.6. The van der Waals surface area contributed by atoms with Crippen LogP contribution in [0.5, 0.6) is 0 Å². The van der Waals surface area contributed by atoms with Crippen LogP contribution in [0.1, 0.15) is 37.0 Å². The summed E-state index contributed by atoms with van der Waals surface area (Å²) in [7, 11) is 0. The summed E-state index contributed by atoms with van der Waals surface area (Å²) in [5.74, 6) is 0. The number of rotatable bonds is 12. The summed E-state index contributed by atoms with van der Waals surface area (Å²) < 4.78 is 0. The van der Waals surface area contributed by atoms with Crippen LogP contribution in [-0.4, -0.2) is 0 Å². The zero-order chi connectivity index (χ0) is 45.7. The Kier molecular flexibility index (Phi) is 12.3. The number of fused-ring (bicyclic) bond motifs is 3. The van der Waals surface area contributed by atoms with Crippen LogP contribution in [-0.2, 0) is 6.42 Å². The van der Waals surface area contributed by atoms with Gasteiger partial charge in [-0.15, -0.1) is 0 Å². The summed E-state index contributed by atoms with van der Waals surface area (Å²) >= 11 is 0. The van der Waals surface area contributed by atoms with Gasteiger partial charge in [0.1, 0.15) is 0 Å². The fourth-order valence-electron chi connectivity index (χ4n) is 10.0. The predicted molar refractivity (Wildman–Crippen MR) is 291 cm³/mol. The SMILES string of the molecule is C=C/C=C(\C=C/C)c1cccc(-c2cc(-c3cccc(-c4ccccc4)c3)cc(-c3cccc(-c4cccc(-c5cccc(-c6cccc7c6c(C)cc6ccccc67)c5CCC)c4)c3)c2)c1. The Morgan fingerprint density at radius 3 is 1.57 bits per heavy atom. The van der Waals surface area contributed by atoms with Crippen molar-refractivity contribution in [1.29, 1.82) is 0 Å². The maximum absolute atomic E-state index is 3.99. The molecule has 0 fully saturated rings. The number of hydrogen-bond acceptors (Lipinski definition) is 0. The molecule has 0 nitrogen and oxygen atoms in total. The first-order valence-electron chi connectivity index (χ1n) is 23.6.